The van der Waals surface area contributed by atoms with Crippen LogP contribution in [0.5, 0.6) is 0 Å². The monoisotopic (exact) mass is 269 g/mol. The van der Waals surface area contributed by atoms with E-state index >= 15 is 0 Å². The number of hydrogen-bond acceptors (Lipinski definition) is 5. The minimum absolute atomic E-state index is 0.207. The van der Waals surface area contributed by atoms with Gasteiger partial charge in [-0.25, -0.2) is 4.79 Å². The summed E-state index contributed by atoms with van der Waals surface area (Å²) in [5, 5.41) is 0.544. The second kappa shape index (κ2) is 4.90. The third kappa shape index (κ3) is 2.24. The van der Waals surface area contributed by atoms with E-state index in [1.54, 1.807) is 6.92 Å². The van der Waals surface area contributed by atoms with E-state index in [2.05, 4.69) is 13.8 Å². The number of rotatable bonds is 3. The number of nitrogen functional groups attached to an aromatic ring is 1. The fourth-order valence-electron chi connectivity index (χ4n) is 2.16. The lowest BCUT2D eigenvalue weighted by Crippen LogP contribution is -2.34. The van der Waals surface area contributed by atoms with Gasteiger partial charge in [-0.1, -0.05) is 6.92 Å². The summed E-state index contributed by atoms with van der Waals surface area (Å²) in [6.07, 6.45) is 1.63. The maximum atomic E-state index is 12.0. The zero-order chi connectivity index (χ0) is 13.3. The van der Waals surface area contributed by atoms with Gasteiger partial charge in [0.2, 0.25) is 0 Å². The van der Waals surface area contributed by atoms with Gasteiger partial charge in [-0.3, -0.25) is 0 Å². The average Bonchev–Trinajstić information content (AvgIpc) is 2.64. The van der Waals surface area contributed by atoms with Gasteiger partial charge in [0.1, 0.15) is 5.00 Å². The van der Waals surface area contributed by atoms with Crippen LogP contribution in [-0.2, 0) is 22.5 Å². The number of esters is 1. The first kappa shape index (κ1) is 13.4. The van der Waals surface area contributed by atoms with Crippen LogP contribution in [0.15, 0.2) is 0 Å². The van der Waals surface area contributed by atoms with Gasteiger partial charge >= 0.3 is 5.97 Å². The van der Waals surface area contributed by atoms with Gasteiger partial charge in [-0.15, -0.1) is 11.3 Å². The van der Waals surface area contributed by atoms with E-state index in [-0.39, 0.29) is 11.6 Å². The Labute approximate surface area is 111 Å². The Kier molecular flexibility index (Phi) is 3.64. The third-order valence-electron chi connectivity index (χ3n) is 3.45. The fraction of sp³-hybridized carbons (Fsp3) is 0.615. The van der Waals surface area contributed by atoms with E-state index < -0.39 is 0 Å². The first-order valence-electron chi connectivity index (χ1n) is 6.22. The number of hydrogen-bond donors (Lipinski definition) is 1. The summed E-state index contributed by atoms with van der Waals surface area (Å²) in [5.41, 5.74) is 7.31. The van der Waals surface area contributed by atoms with E-state index in [4.69, 9.17) is 15.2 Å². The van der Waals surface area contributed by atoms with Crippen molar-refractivity contribution in [2.75, 3.05) is 12.3 Å². The molecule has 5 heteroatoms. The molecule has 1 aromatic rings. The first-order chi connectivity index (χ1) is 8.50. The Morgan fingerprint density at radius 2 is 2.28 bits per heavy atom. The van der Waals surface area contributed by atoms with Gasteiger partial charge < -0.3 is 15.2 Å². The molecule has 0 bridgehead atoms. The van der Waals surface area contributed by atoms with Gasteiger partial charge in [0.15, 0.2) is 0 Å². The Morgan fingerprint density at radius 1 is 1.56 bits per heavy atom. The largest absolute Gasteiger partial charge is 0.462 e. The van der Waals surface area contributed by atoms with Crippen molar-refractivity contribution in [3.8, 4) is 0 Å². The molecule has 100 valence electrons. The molecule has 0 saturated carbocycles. The molecular formula is C13H19NO3S. The highest BCUT2D eigenvalue weighted by Crippen LogP contribution is 2.40. The van der Waals surface area contributed by atoms with Crippen LogP contribution in [-0.4, -0.2) is 18.2 Å². The molecule has 1 atom stereocenters. The molecule has 2 heterocycles. The van der Waals surface area contributed by atoms with Gasteiger partial charge in [0, 0.05) is 11.3 Å². The van der Waals surface area contributed by atoms with Crippen molar-refractivity contribution in [1.82, 2.24) is 0 Å². The number of carbonyl (C=O) groups is 1. The second-order valence-corrected chi connectivity index (χ2v) is 5.87. The summed E-state index contributed by atoms with van der Waals surface area (Å²) >= 11 is 1.43. The van der Waals surface area contributed by atoms with Crippen LogP contribution in [0.4, 0.5) is 5.00 Å². The van der Waals surface area contributed by atoms with Gasteiger partial charge in [0.05, 0.1) is 24.4 Å². The highest BCUT2D eigenvalue weighted by Gasteiger charge is 2.35. The zero-order valence-electron chi connectivity index (χ0n) is 11.0. The molecule has 0 aliphatic carbocycles. The Balaban J connectivity index is 2.39. The maximum Gasteiger partial charge on any atom is 0.341 e. The molecule has 0 fully saturated rings. The summed E-state index contributed by atoms with van der Waals surface area (Å²) in [5.74, 6) is -0.312. The van der Waals surface area contributed by atoms with Crippen LogP contribution in [0.1, 0.15) is 48.0 Å². The fourth-order valence-corrected chi connectivity index (χ4v) is 3.15. The smallest absolute Gasteiger partial charge is 0.341 e. The molecule has 18 heavy (non-hydrogen) atoms. The van der Waals surface area contributed by atoms with Gasteiger partial charge in [0.25, 0.3) is 0 Å². The molecule has 1 aliphatic rings. The Bertz CT molecular complexity index is 469. The number of fused-ring (bicyclic) bond motifs is 1. The lowest BCUT2D eigenvalue weighted by atomic mass is 9.89. The van der Waals surface area contributed by atoms with Crippen molar-refractivity contribution >= 4 is 22.3 Å². The zero-order valence-corrected chi connectivity index (χ0v) is 11.9. The highest BCUT2D eigenvalue weighted by atomic mass is 32.1. The van der Waals surface area contributed by atoms with Crippen LogP contribution in [0.25, 0.3) is 0 Å². The molecule has 2 rings (SSSR count). The molecule has 0 saturated heterocycles. The van der Waals surface area contributed by atoms with E-state index in [1.807, 2.05) is 0 Å². The second-order valence-electron chi connectivity index (χ2n) is 4.73. The van der Waals surface area contributed by atoms with E-state index in [0.717, 1.165) is 23.3 Å². The summed E-state index contributed by atoms with van der Waals surface area (Å²) < 4.78 is 10.9. The van der Waals surface area contributed by atoms with E-state index in [0.29, 0.717) is 23.8 Å². The molecule has 0 unspecified atom stereocenters. The lowest BCUT2D eigenvalue weighted by molar-refractivity contribution is -0.0548. The predicted octanol–water partition coefficient (Wildman–Crippen LogP) is 2.75. The number of anilines is 1. The summed E-state index contributed by atoms with van der Waals surface area (Å²) in [6.45, 7) is 6.86. The van der Waals surface area contributed by atoms with E-state index in [9.17, 15) is 4.79 Å². The minimum atomic E-state index is -0.312. The molecule has 0 aromatic carbocycles. The normalized spacial score (nSPS) is 22.6. The SMILES string of the molecule is CCOC(=O)c1c(N)sc2c1C[C@](C)(CC)OC2. The van der Waals surface area contributed by atoms with Gasteiger partial charge in [-0.2, -0.15) is 0 Å². The van der Waals surface area contributed by atoms with Crippen molar-refractivity contribution in [1.29, 1.82) is 0 Å². The first-order valence-corrected chi connectivity index (χ1v) is 7.03. The van der Waals surface area contributed by atoms with Crippen molar-refractivity contribution < 1.29 is 14.3 Å². The van der Waals surface area contributed by atoms with Crippen LogP contribution < -0.4 is 5.73 Å². The average molecular weight is 269 g/mol. The molecule has 4 nitrogen and oxygen atoms in total. The van der Waals surface area contributed by atoms with E-state index in [1.165, 1.54) is 11.3 Å². The predicted molar refractivity (Wildman–Crippen MR) is 71.9 cm³/mol. The molecular weight excluding hydrogens is 250 g/mol. The number of nitrogens with two attached hydrogens (primary N) is 1. The van der Waals surface area contributed by atoms with Gasteiger partial charge in [-0.05, 0) is 25.8 Å². The molecule has 1 aliphatic heterocycles. The Morgan fingerprint density at radius 3 is 2.89 bits per heavy atom. The maximum absolute atomic E-state index is 12.0. The standard InChI is InChI=1S/C13H19NO3S/c1-4-13(3)6-8-9(7-17-13)18-11(14)10(8)12(15)16-5-2/h4-7,14H2,1-3H3/t13-/m0/s1. The van der Waals surface area contributed by atoms with Crippen LogP contribution in [0.3, 0.4) is 0 Å². The molecule has 1 aromatic heterocycles. The third-order valence-corrected chi connectivity index (χ3v) is 4.48. The summed E-state index contributed by atoms with van der Waals surface area (Å²) in [7, 11) is 0. The molecule has 0 radical (unpaired) electrons. The van der Waals surface area contributed by atoms with Crippen molar-refractivity contribution in [3.05, 3.63) is 16.0 Å². The lowest BCUT2D eigenvalue weighted by Gasteiger charge is -2.33. The number of carbonyl (C=O) groups excluding carboxylic acids is 1. The van der Waals surface area contributed by atoms with Crippen molar-refractivity contribution in [2.24, 2.45) is 0 Å². The van der Waals surface area contributed by atoms with Crippen molar-refractivity contribution in [3.63, 3.8) is 0 Å². The van der Waals surface area contributed by atoms with Crippen LogP contribution >= 0.6 is 11.3 Å². The summed E-state index contributed by atoms with van der Waals surface area (Å²) in [4.78, 5) is 13.0. The quantitative estimate of drug-likeness (QED) is 0.857. The van der Waals surface area contributed by atoms with Crippen LogP contribution in [0.2, 0.25) is 0 Å². The molecule has 0 spiro atoms. The topological polar surface area (TPSA) is 61.5 Å². The number of thiophene rings is 1. The number of ether oxygens (including phenoxy) is 2. The molecule has 2 N–H and O–H groups in total. The minimum Gasteiger partial charge on any atom is -0.462 e. The summed E-state index contributed by atoms with van der Waals surface area (Å²) in [6, 6.07) is 0. The Hall–Kier alpha value is -1.07. The van der Waals surface area contributed by atoms with Crippen LogP contribution in [0, 0.1) is 0 Å². The highest BCUT2D eigenvalue weighted by molar-refractivity contribution is 7.16. The molecule has 0 amide bonds. The van der Waals surface area contributed by atoms with Crippen molar-refractivity contribution in [2.45, 2.75) is 45.8 Å².